The van der Waals surface area contributed by atoms with Crippen LogP contribution in [0.2, 0.25) is 0 Å². The Morgan fingerprint density at radius 3 is 2.33 bits per heavy atom. The Kier molecular flexibility index (Phi) is 4.75. The van der Waals surface area contributed by atoms with E-state index >= 15 is 0 Å². The second kappa shape index (κ2) is 5.85. The van der Waals surface area contributed by atoms with Gasteiger partial charge in [-0.3, -0.25) is 14.5 Å². The van der Waals surface area contributed by atoms with Gasteiger partial charge in [-0.2, -0.15) is 0 Å². The number of imide groups is 1. The summed E-state index contributed by atoms with van der Waals surface area (Å²) in [6, 6.07) is 0. The van der Waals surface area contributed by atoms with E-state index in [4.69, 9.17) is 4.74 Å². The number of ether oxygens (including phenoxy) is 1. The fraction of sp³-hybridized carbons (Fsp3) is 0.818. The molecule has 0 N–H and O–H groups in total. The van der Waals surface area contributed by atoms with E-state index in [1.165, 1.54) is 4.90 Å². The Hall–Kier alpha value is -0.900. The molecule has 0 atom stereocenters. The third-order valence-corrected chi connectivity index (χ3v) is 2.45. The fourth-order valence-electron chi connectivity index (χ4n) is 1.45. The second-order valence-electron chi connectivity index (χ2n) is 4.23. The van der Waals surface area contributed by atoms with Crippen LogP contribution >= 0.6 is 0 Å². The third-order valence-electron chi connectivity index (χ3n) is 2.45. The molecular formula is C11H19NO3. The Balaban J connectivity index is 2.09. The first-order valence-electron chi connectivity index (χ1n) is 5.52. The number of hydrogen-bond donors (Lipinski definition) is 0. The highest BCUT2D eigenvalue weighted by Crippen LogP contribution is 2.10. The summed E-state index contributed by atoms with van der Waals surface area (Å²) in [4.78, 5) is 23.7. The van der Waals surface area contributed by atoms with Crippen LogP contribution in [-0.2, 0) is 14.3 Å². The lowest BCUT2D eigenvalue weighted by Gasteiger charge is -2.13. The zero-order valence-electron chi connectivity index (χ0n) is 9.49. The second-order valence-corrected chi connectivity index (χ2v) is 4.23. The summed E-state index contributed by atoms with van der Waals surface area (Å²) in [5.41, 5.74) is 0. The van der Waals surface area contributed by atoms with Gasteiger partial charge in [0.25, 0.3) is 0 Å². The SMILES string of the molecule is CC(C)CCOCCN1C(=O)CCC1=O. The predicted molar refractivity (Wildman–Crippen MR) is 56.2 cm³/mol. The molecule has 1 aliphatic heterocycles. The van der Waals surface area contributed by atoms with Crippen molar-refractivity contribution in [2.45, 2.75) is 33.1 Å². The molecule has 1 rings (SSSR count). The van der Waals surface area contributed by atoms with Gasteiger partial charge in [-0.25, -0.2) is 0 Å². The summed E-state index contributed by atoms with van der Waals surface area (Å²) >= 11 is 0. The van der Waals surface area contributed by atoms with Crippen molar-refractivity contribution in [1.82, 2.24) is 4.90 Å². The van der Waals surface area contributed by atoms with Crippen molar-refractivity contribution in [2.75, 3.05) is 19.8 Å². The molecule has 1 fully saturated rings. The quantitative estimate of drug-likeness (QED) is 0.492. The van der Waals surface area contributed by atoms with Gasteiger partial charge in [0.15, 0.2) is 0 Å². The highest BCUT2D eigenvalue weighted by atomic mass is 16.5. The lowest BCUT2D eigenvalue weighted by Crippen LogP contribution is -2.32. The Morgan fingerprint density at radius 2 is 1.80 bits per heavy atom. The summed E-state index contributed by atoms with van der Waals surface area (Å²) < 4.78 is 5.36. The molecule has 0 aromatic rings. The van der Waals surface area contributed by atoms with Crippen LogP contribution in [0.3, 0.4) is 0 Å². The van der Waals surface area contributed by atoms with Gasteiger partial charge in [0, 0.05) is 19.4 Å². The van der Waals surface area contributed by atoms with E-state index in [-0.39, 0.29) is 11.8 Å². The average Bonchev–Trinajstić information content (AvgIpc) is 2.47. The first-order chi connectivity index (χ1) is 7.11. The maximum absolute atomic E-state index is 11.2. The van der Waals surface area contributed by atoms with Gasteiger partial charge in [0.2, 0.25) is 11.8 Å². The molecule has 0 aliphatic carbocycles. The van der Waals surface area contributed by atoms with Crippen LogP contribution in [0.4, 0.5) is 0 Å². The van der Waals surface area contributed by atoms with E-state index in [1.807, 2.05) is 0 Å². The van der Waals surface area contributed by atoms with Crippen LogP contribution in [0.5, 0.6) is 0 Å². The Bertz CT molecular complexity index is 222. The molecule has 0 spiro atoms. The van der Waals surface area contributed by atoms with Crippen LogP contribution in [0.15, 0.2) is 0 Å². The monoisotopic (exact) mass is 213 g/mol. The molecule has 1 heterocycles. The normalized spacial score (nSPS) is 16.9. The van der Waals surface area contributed by atoms with Crippen LogP contribution < -0.4 is 0 Å². The van der Waals surface area contributed by atoms with Crippen LogP contribution in [0.1, 0.15) is 33.1 Å². The number of carbonyl (C=O) groups excluding carboxylic acids is 2. The van der Waals surface area contributed by atoms with Gasteiger partial charge in [0.1, 0.15) is 0 Å². The zero-order chi connectivity index (χ0) is 11.3. The van der Waals surface area contributed by atoms with Gasteiger partial charge in [-0.05, 0) is 12.3 Å². The molecule has 15 heavy (non-hydrogen) atoms. The number of likely N-dealkylation sites (tertiary alicyclic amines) is 1. The van der Waals surface area contributed by atoms with E-state index in [1.54, 1.807) is 0 Å². The van der Waals surface area contributed by atoms with Crippen LogP contribution in [-0.4, -0.2) is 36.5 Å². The molecule has 4 heteroatoms. The van der Waals surface area contributed by atoms with Crippen LogP contribution in [0, 0.1) is 5.92 Å². The first kappa shape index (κ1) is 12.2. The molecule has 0 aromatic heterocycles. The molecule has 0 unspecified atom stereocenters. The first-order valence-corrected chi connectivity index (χ1v) is 5.52. The molecule has 0 bridgehead atoms. The smallest absolute Gasteiger partial charge is 0.229 e. The largest absolute Gasteiger partial charge is 0.380 e. The van der Waals surface area contributed by atoms with Crippen molar-refractivity contribution < 1.29 is 14.3 Å². The number of rotatable bonds is 6. The summed E-state index contributed by atoms with van der Waals surface area (Å²) in [6.45, 7) is 5.85. The van der Waals surface area contributed by atoms with Crippen molar-refractivity contribution in [3.05, 3.63) is 0 Å². The average molecular weight is 213 g/mol. The molecular weight excluding hydrogens is 194 g/mol. The maximum Gasteiger partial charge on any atom is 0.229 e. The number of hydrogen-bond acceptors (Lipinski definition) is 3. The highest BCUT2D eigenvalue weighted by molar-refractivity contribution is 6.01. The molecule has 4 nitrogen and oxygen atoms in total. The molecule has 0 aromatic carbocycles. The summed E-state index contributed by atoms with van der Waals surface area (Å²) in [5, 5.41) is 0. The van der Waals surface area contributed by atoms with Gasteiger partial charge in [-0.1, -0.05) is 13.8 Å². The number of carbonyl (C=O) groups is 2. The van der Waals surface area contributed by atoms with Gasteiger partial charge >= 0.3 is 0 Å². The Morgan fingerprint density at radius 1 is 1.20 bits per heavy atom. The van der Waals surface area contributed by atoms with Crippen molar-refractivity contribution in [1.29, 1.82) is 0 Å². The van der Waals surface area contributed by atoms with Gasteiger partial charge < -0.3 is 4.74 Å². The van der Waals surface area contributed by atoms with Gasteiger partial charge in [0.05, 0.1) is 13.2 Å². The lowest BCUT2D eigenvalue weighted by atomic mass is 10.1. The highest BCUT2D eigenvalue weighted by Gasteiger charge is 2.27. The topological polar surface area (TPSA) is 46.6 Å². The van der Waals surface area contributed by atoms with Crippen molar-refractivity contribution in [2.24, 2.45) is 5.92 Å². The fourth-order valence-corrected chi connectivity index (χ4v) is 1.45. The summed E-state index contributed by atoms with van der Waals surface area (Å²) in [5.74, 6) is 0.500. The molecule has 86 valence electrons. The molecule has 2 amide bonds. The third kappa shape index (κ3) is 4.00. The van der Waals surface area contributed by atoms with Crippen molar-refractivity contribution >= 4 is 11.8 Å². The van der Waals surface area contributed by atoms with Crippen LogP contribution in [0.25, 0.3) is 0 Å². The summed E-state index contributed by atoms with van der Waals surface area (Å²) in [6.07, 6.45) is 1.75. The maximum atomic E-state index is 11.2. The lowest BCUT2D eigenvalue weighted by molar-refractivity contribution is -0.139. The Labute approximate surface area is 90.6 Å². The van der Waals surface area contributed by atoms with Crippen molar-refractivity contribution in [3.63, 3.8) is 0 Å². The number of nitrogens with zero attached hydrogens (tertiary/aromatic N) is 1. The zero-order valence-corrected chi connectivity index (χ0v) is 9.49. The van der Waals surface area contributed by atoms with E-state index in [0.717, 1.165) is 6.42 Å². The van der Waals surface area contributed by atoms with E-state index in [9.17, 15) is 9.59 Å². The standard InChI is InChI=1S/C11H19NO3/c1-9(2)5-7-15-8-6-12-10(13)3-4-11(12)14/h9H,3-8H2,1-2H3. The van der Waals surface area contributed by atoms with E-state index < -0.39 is 0 Å². The van der Waals surface area contributed by atoms with Crippen molar-refractivity contribution in [3.8, 4) is 0 Å². The predicted octanol–water partition coefficient (Wildman–Crippen LogP) is 1.20. The minimum absolute atomic E-state index is 0.0625. The minimum atomic E-state index is -0.0625. The minimum Gasteiger partial charge on any atom is -0.380 e. The molecule has 1 saturated heterocycles. The van der Waals surface area contributed by atoms with Gasteiger partial charge in [-0.15, -0.1) is 0 Å². The molecule has 0 saturated carbocycles. The van der Waals surface area contributed by atoms with E-state index in [0.29, 0.717) is 38.5 Å². The van der Waals surface area contributed by atoms with E-state index in [2.05, 4.69) is 13.8 Å². The molecule has 0 radical (unpaired) electrons. The summed E-state index contributed by atoms with van der Waals surface area (Å²) in [7, 11) is 0. The molecule has 1 aliphatic rings. The number of amides is 2.